The molecule has 0 aliphatic heterocycles. The van der Waals surface area contributed by atoms with Gasteiger partial charge in [0, 0.05) is 19.3 Å². The molecular weight excluding hydrogens is 202 g/mol. The van der Waals surface area contributed by atoms with E-state index in [-0.39, 0.29) is 37.6 Å². The van der Waals surface area contributed by atoms with Crippen molar-refractivity contribution in [3.63, 3.8) is 0 Å². The second-order valence-electron chi connectivity index (χ2n) is 3.40. The van der Waals surface area contributed by atoms with E-state index in [1.807, 2.05) is 0 Å². The number of carboxylic acid groups (broad SMARTS) is 1. The van der Waals surface area contributed by atoms with Crippen molar-refractivity contribution < 1.29 is 18.7 Å². The summed E-state index contributed by atoms with van der Waals surface area (Å²) in [5.41, 5.74) is 0. The summed E-state index contributed by atoms with van der Waals surface area (Å²) in [4.78, 5) is 10.1. The molecule has 0 spiro atoms. The maximum atomic E-state index is 12.6. The predicted octanol–water partition coefficient (Wildman–Crippen LogP) is 2.71. The van der Waals surface area contributed by atoms with Crippen LogP contribution in [0.3, 0.4) is 0 Å². The molecule has 0 saturated heterocycles. The molecule has 0 radical (unpaired) electrons. The maximum absolute atomic E-state index is 12.6. The van der Waals surface area contributed by atoms with Crippen molar-refractivity contribution in [2.24, 2.45) is 5.92 Å². The number of hydrogen-bond donors (Lipinski definition) is 1. The molecule has 1 fully saturated rings. The Kier molecular flexibility index (Phi) is 4.61. The Morgan fingerprint density at radius 3 is 2.54 bits per heavy atom. The third-order valence-electron chi connectivity index (χ3n) is 2.27. The van der Waals surface area contributed by atoms with Crippen molar-refractivity contribution in [2.75, 3.05) is 0 Å². The van der Waals surface area contributed by atoms with Crippen molar-refractivity contribution in [1.82, 2.24) is 0 Å². The number of hydrogen-bond acceptors (Lipinski definition) is 1. The van der Waals surface area contributed by atoms with Crippen LogP contribution >= 0.6 is 12.4 Å². The van der Waals surface area contributed by atoms with E-state index in [2.05, 4.69) is 0 Å². The lowest BCUT2D eigenvalue weighted by molar-refractivity contribution is -0.137. The summed E-state index contributed by atoms with van der Waals surface area (Å²) in [5.74, 6) is -3.52. The lowest BCUT2D eigenvalue weighted by Gasteiger charge is -2.08. The average molecular weight is 215 g/mol. The lowest BCUT2D eigenvalue weighted by atomic mass is 10.0. The number of carboxylic acids is 1. The largest absolute Gasteiger partial charge is 0.481 e. The number of alkyl halides is 2. The molecule has 1 aliphatic rings. The molecule has 1 N–H and O–H groups in total. The lowest BCUT2D eigenvalue weighted by Crippen LogP contribution is -2.10. The smallest absolute Gasteiger partial charge is 0.303 e. The first-order valence-electron chi connectivity index (χ1n) is 4.09. The zero-order chi connectivity index (χ0) is 9.19. The Bertz CT molecular complexity index is 185. The van der Waals surface area contributed by atoms with Gasteiger partial charge in [0.25, 0.3) is 0 Å². The van der Waals surface area contributed by atoms with Crippen molar-refractivity contribution in [3.05, 3.63) is 0 Å². The molecule has 2 nitrogen and oxygen atoms in total. The second kappa shape index (κ2) is 4.74. The molecule has 0 bridgehead atoms. The van der Waals surface area contributed by atoms with Gasteiger partial charge in [0.2, 0.25) is 5.92 Å². The summed E-state index contributed by atoms with van der Waals surface area (Å²) in [6.45, 7) is 0. The van der Waals surface area contributed by atoms with Gasteiger partial charge in [0.05, 0.1) is 0 Å². The van der Waals surface area contributed by atoms with Crippen LogP contribution in [0.5, 0.6) is 0 Å². The Balaban J connectivity index is 0.00000144. The van der Waals surface area contributed by atoms with E-state index in [9.17, 15) is 13.6 Å². The fourth-order valence-corrected chi connectivity index (χ4v) is 1.62. The van der Waals surface area contributed by atoms with Gasteiger partial charge >= 0.3 is 5.97 Å². The standard InChI is InChI=1S/C8H12F2O2.ClH/c9-8(10)4-3-6(5-8)1-2-7(11)12;/h6H,1-5H2,(H,11,12);1H/t6-;/m0./s1. The van der Waals surface area contributed by atoms with Crippen LogP contribution in [0.15, 0.2) is 0 Å². The van der Waals surface area contributed by atoms with E-state index in [0.29, 0.717) is 12.8 Å². The van der Waals surface area contributed by atoms with Gasteiger partial charge in [0.1, 0.15) is 0 Å². The number of halogens is 3. The van der Waals surface area contributed by atoms with E-state index in [1.165, 1.54) is 0 Å². The molecule has 5 heteroatoms. The van der Waals surface area contributed by atoms with Crippen LogP contribution in [0, 0.1) is 5.92 Å². The van der Waals surface area contributed by atoms with Crippen LogP contribution in [-0.2, 0) is 4.79 Å². The first kappa shape index (κ1) is 12.6. The second-order valence-corrected chi connectivity index (χ2v) is 3.40. The molecule has 1 atom stereocenters. The topological polar surface area (TPSA) is 37.3 Å². The molecule has 78 valence electrons. The van der Waals surface area contributed by atoms with E-state index in [1.54, 1.807) is 0 Å². The highest BCUT2D eigenvalue weighted by atomic mass is 35.5. The molecule has 0 aromatic rings. The Morgan fingerprint density at radius 2 is 2.15 bits per heavy atom. The average Bonchev–Trinajstić information content (AvgIpc) is 2.26. The number of aliphatic carboxylic acids is 1. The van der Waals surface area contributed by atoms with Gasteiger partial charge in [-0.25, -0.2) is 8.78 Å². The Morgan fingerprint density at radius 1 is 1.54 bits per heavy atom. The van der Waals surface area contributed by atoms with Crippen LogP contribution in [0.4, 0.5) is 8.78 Å². The predicted molar refractivity (Wildman–Crippen MR) is 46.4 cm³/mol. The van der Waals surface area contributed by atoms with Crippen LogP contribution in [0.25, 0.3) is 0 Å². The summed E-state index contributed by atoms with van der Waals surface area (Å²) in [5, 5.41) is 8.32. The minimum atomic E-state index is -2.54. The Hall–Kier alpha value is -0.380. The molecule has 0 amide bonds. The maximum Gasteiger partial charge on any atom is 0.303 e. The van der Waals surface area contributed by atoms with Gasteiger partial charge in [-0.15, -0.1) is 12.4 Å². The molecule has 0 heterocycles. The molecule has 0 aromatic heterocycles. The van der Waals surface area contributed by atoms with E-state index in [4.69, 9.17) is 5.11 Å². The van der Waals surface area contributed by atoms with Gasteiger partial charge in [-0.3, -0.25) is 4.79 Å². The van der Waals surface area contributed by atoms with Gasteiger partial charge in [-0.1, -0.05) is 0 Å². The summed E-state index contributed by atoms with van der Waals surface area (Å²) in [6.07, 6.45) is 0.684. The van der Waals surface area contributed by atoms with E-state index < -0.39 is 11.9 Å². The Labute approximate surface area is 81.7 Å². The monoisotopic (exact) mass is 214 g/mol. The highest BCUT2D eigenvalue weighted by Gasteiger charge is 2.38. The van der Waals surface area contributed by atoms with Gasteiger partial charge in [-0.2, -0.15) is 0 Å². The molecule has 1 saturated carbocycles. The fourth-order valence-electron chi connectivity index (χ4n) is 1.62. The van der Waals surface area contributed by atoms with Crippen LogP contribution in [0.2, 0.25) is 0 Å². The SMILES string of the molecule is Cl.O=C(O)CC[C@H]1CCC(F)(F)C1. The van der Waals surface area contributed by atoms with Gasteiger partial charge in [-0.05, 0) is 18.8 Å². The molecular formula is C8H13ClF2O2. The third-order valence-corrected chi connectivity index (χ3v) is 2.27. The zero-order valence-corrected chi connectivity index (χ0v) is 7.95. The fraction of sp³-hybridized carbons (Fsp3) is 0.875. The molecule has 1 aliphatic carbocycles. The van der Waals surface area contributed by atoms with E-state index in [0.717, 1.165) is 0 Å². The minimum Gasteiger partial charge on any atom is -0.481 e. The van der Waals surface area contributed by atoms with Crippen molar-refractivity contribution in [3.8, 4) is 0 Å². The van der Waals surface area contributed by atoms with Crippen LogP contribution in [0.1, 0.15) is 32.1 Å². The normalized spacial score (nSPS) is 25.2. The highest BCUT2D eigenvalue weighted by molar-refractivity contribution is 5.85. The van der Waals surface area contributed by atoms with Crippen molar-refractivity contribution >= 4 is 18.4 Å². The van der Waals surface area contributed by atoms with Gasteiger partial charge < -0.3 is 5.11 Å². The zero-order valence-electron chi connectivity index (χ0n) is 7.13. The molecule has 13 heavy (non-hydrogen) atoms. The molecule has 1 rings (SSSR count). The summed E-state index contributed by atoms with van der Waals surface area (Å²) in [6, 6.07) is 0. The quantitative estimate of drug-likeness (QED) is 0.784. The first-order valence-corrected chi connectivity index (χ1v) is 4.09. The van der Waals surface area contributed by atoms with E-state index >= 15 is 0 Å². The minimum absolute atomic E-state index is 0. The summed E-state index contributed by atoms with van der Waals surface area (Å²) >= 11 is 0. The number of rotatable bonds is 3. The van der Waals surface area contributed by atoms with Crippen LogP contribution in [-0.4, -0.2) is 17.0 Å². The van der Waals surface area contributed by atoms with Crippen LogP contribution < -0.4 is 0 Å². The third kappa shape index (κ3) is 4.41. The summed E-state index contributed by atoms with van der Waals surface area (Å²) in [7, 11) is 0. The van der Waals surface area contributed by atoms with Crippen molar-refractivity contribution in [1.29, 1.82) is 0 Å². The molecule has 0 unspecified atom stereocenters. The molecule has 0 aromatic carbocycles. The number of carbonyl (C=O) groups is 1. The summed E-state index contributed by atoms with van der Waals surface area (Å²) < 4.78 is 25.1. The first-order chi connectivity index (χ1) is 5.49. The van der Waals surface area contributed by atoms with Gasteiger partial charge in [0.15, 0.2) is 0 Å². The van der Waals surface area contributed by atoms with Crippen molar-refractivity contribution in [2.45, 2.75) is 38.0 Å². The highest BCUT2D eigenvalue weighted by Crippen LogP contribution is 2.40.